The van der Waals surface area contributed by atoms with Crippen molar-refractivity contribution in [1.29, 1.82) is 0 Å². The Kier molecular flexibility index (Phi) is 7.36. The molecule has 4 heteroatoms. The molecule has 1 fully saturated rings. The molecule has 0 N–H and O–H groups in total. The van der Waals surface area contributed by atoms with Crippen molar-refractivity contribution in [3.8, 4) is 0 Å². The van der Waals surface area contributed by atoms with Crippen LogP contribution in [0.25, 0.3) is 0 Å². The number of halogens is 1. The first-order valence-electron chi connectivity index (χ1n) is 5.75. The summed E-state index contributed by atoms with van der Waals surface area (Å²) in [6.07, 6.45) is 4.03. The Balaban J connectivity index is 2.03. The zero-order valence-corrected chi connectivity index (χ0v) is 10.3. The summed E-state index contributed by atoms with van der Waals surface area (Å²) >= 11 is 5.78. The molecule has 0 radical (unpaired) electrons. The largest absolute Gasteiger partial charge is 0.382 e. The Morgan fingerprint density at radius 1 is 1.20 bits per heavy atom. The van der Waals surface area contributed by atoms with E-state index in [2.05, 4.69) is 4.90 Å². The Labute approximate surface area is 97.7 Å². The first-order valence-corrected chi connectivity index (χ1v) is 6.28. The molecule has 0 aliphatic heterocycles. The molecule has 1 rings (SSSR count). The molecule has 0 aromatic rings. The quantitative estimate of drug-likeness (QED) is 0.449. The number of hydrogen-bond acceptors (Lipinski definition) is 3. The van der Waals surface area contributed by atoms with Gasteiger partial charge in [0, 0.05) is 32.1 Å². The lowest BCUT2D eigenvalue weighted by molar-refractivity contribution is 0.0408. The summed E-state index contributed by atoms with van der Waals surface area (Å²) in [5, 5.41) is 0. The van der Waals surface area contributed by atoms with E-state index in [1.54, 1.807) is 7.11 Å². The summed E-state index contributed by atoms with van der Waals surface area (Å²) in [5.74, 6) is 0.717. The van der Waals surface area contributed by atoms with Crippen LogP contribution in [0.3, 0.4) is 0 Å². The molecule has 0 unspecified atom stereocenters. The summed E-state index contributed by atoms with van der Waals surface area (Å²) < 4.78 is 10.4. The molecule has 1 saturated carbocycles. The molecule has 1 aliphatic rings. The van der Waals surface area contributed by atoms with E-state index >= 15 is 0 Å². The highest BCUT2D eigenvalue weighted by atomic mass is 35.5. The van der Waals surface area contributed by atoms with E-state index in [-0.39, 0.29) is 0 Å². The van der Waals surface area contributed by atoms with Gasteiger partial charge in [-0.2, -0.15) is 0 Å². The van der Waals surface area contributed by atoms with E-state index in [0.717, 1.165) is 25.7 Å². The van der Waals surface area contributed by atoms with Gasteiger partial charge in [0.1, 0.15) is 0 Å². The van der Waals surface area contributed by atoms with E-state index in [1.165, 1.54) is 19.3 Å². The summed E-state index contributed by atoms with van der Waals surface area (Å²) in [6.45, 7) is 4.15. The van der Waals surface area contributed by atoms with Crippen molar-refractivity contribution in [1.82, 2.24) is 4.90 Å². The van der Waals surface area contributed by atoms with Crippen molar-refractivity contribution in [2.24, 2.45) is 0 Å². The third-order valence-electron chi connectivity index (χ3n) is 2.92. The van der Waals surface area contributed by atoms with Gasteiger partial charge in [0.05, 0.1) is 19.8 Å². The second kappa shape index (κ2) is 8.34. The molecular formula is C11H22ClNO2. The summed E-state index contributed by atoms with van der Waals surface area (Å²) in [6, 6.07) is 0.759. The first kappa shape index (κ1) is 13.2. The summed E-state index contributed by atoms with van der Waals surface area (Å²) in [5.41, 5.74) is 0. The van der Waals surface area contributed by atoms with Crippen LogP contribution in [-0.2, 0) is 9.47 Å². The highest BCUT2D eigenvalue weighted by Gasteiger charge is 2.23. The van der Waals surface area contributed by atoms with Crippen LogP contribution in [-0.4, -0.2) is 56.8 Å². The average molecular weight is 236 g/mol. The standard InChI is InChI=1S/C11H22ClNO2/c1-14-9-10-15-8-7-13(6-5-12)11-3-2-4-11/h11H,2-10H2,1H3. The number of alkyl halides is 1. The summed E-state index contributed by atoms with van der Waals surface area (Å²) in [7, 11) is 1.69. The van der Waals surface area contributed by atoms with Crippen LogP contribution in [0.5, 0.6) is 0 Å². The lowest BCUT2D eigenvalue weighted by Crippen LogP contribution is -2.43. The maximum Gasteiger partial charge on any atom is 0.0700 e. The van der Waals surface area contributed by atoms with Crippen molar-refractivity contribution in [2.45, 2.75) is 25.3 Å². The first-order chi connectivity index (χ1) is 7.38. The molecule has 0 bridgehead atoms. The highest BCUT2D eigenvalue weighted by Crippen LogP contribution is 2.24. The minimum atomic E-state index is 0.679. The second-order valence-electron chi connectivity index (χ2n) is 3.91. The van der Waals surface area contributed by atoms with Gasteiger partial charge in [0.15, 0.2) is 0 Å². The van der Waals surface area contributed by atoms with Gasteiger partial charge < -0.3 is 9.47 Å². The predicted octanol–water partition coefficient (Wildman–Crippen LogP) is 1.74. The van der Waals surface area contributed by atoms with Crippen LogP contribution < -0.4 is 0 Å². The van der Waals surface area contributed by atoms with Crippen molar-refractivity contribution < 1.29 is 9.47 Å². The smallest absolute Gasteiger partial charge is 0.0700 e. The minimum Gasteiger partial charge on any atom is -0.382 e. The van der Waals surface area contributed by atoms with Gasteiger partial charge in [-0.05, 0) is 12.8 Å². The lowest BCUT2D eigenvalue weighted by atomic mass is 9.91. The van der Waals surface area contributed by atoms with Crippen molar-refractivity contribution in [2.75, 3.05) is 45.9 Å². The Morgan fingerprint density at radius 2 is 2.00 bits per heavy atom. The molecule has 15 heavy (non-hydrogen) atoms. The van der Waals surface area contributed by atoms with E-state index in [4.69, 9.17) is 21.1 Å². The van der Waals surface area contributed by atoms with E-state index in [1.807, 2.05) is 0 Å². The van der Waals surface area contributed by atoms with Crippen molar-refractivity contribution in [3.05, 3.63) is 0 Å². The molecule has 0 heterocycles. The highest BCUT2D eigenvalue weighted by molar-refractivity contribution is 6.18. The molecule has 0 atom stereocenters. The van der Waals surface area contributed by atoms with E-state index in [0.29, 0.717) is 19.1 Å². The Bertz CT molecular complexity index is 154. The topological polar surface area (TPSA) is 21.7 Å². The van der Waals surface area contributed by atoms with Crippen LogP contribution in [0.15, 0.2) is 0 Å². The molecule has 1 aliphatic carbocycles. The van der Waals surface area contributed by atoms with Gasteiger partial charge in [-0.3, -0.25) is 4.90 Å². The lowest BCUT2D eigenvalue weighted by Gasteiger charge is -2.37. The Morgan fingerprint density at radius 3 is 2.53 bits per heavy atom. The van der Waals surface area contributed by atoms with Crippen molar-refractivity contribution in [3.63, 3.8) is 0 Å². The fraction of sp³-hybridized carbons (Fsp3) is 1.00. The maximum atomic E-state index is 5.78. The van der Waals surface area contributed by atoms with E-state index in [9.17, 15) is 0 Å². The number of nitrogens with zero attached hydrogens (tertiary/aromatic N) is 1. The molecule has 0 aromatic heterocycles. The predicted molar refractivity (Wildman–Crippen MR) is 62.6 cm³/mol. The zero-order valence-electron chi connectivity index (χ0n) is 9.58. The van der Waals surface area contributed by atoms with Crippen LogP contribution in [0.2, 0.25) is 0 Å². The Hall–Kier alpha value is 0.170. The van der Waals surface area contributed by atoms with E-state index < -0.39 is 0 Å². The van der Waals surface area contributed by atoms with Crippen molar-refractivity contribution >= 4 is 11.6 Å². The van der Waals surface area contributed by atoms with Crippen LogP contribution in [0.1, 0.15) is 19.3 Å². The molecule has 0 spiro atoms. The third kappa shape index (κ3) is 5.16. The second-order valence-corrected chi connectivity index (χ2v) is 4.29. The third-order valence-corrected chi connectivity index (χ3v) is 3.09. The fourth-order valence-corrected chi connectivity index (χ4v) is 1.98. The fourth-order valence-electron chi connectivity index (χ4n) is 1.76. The average Bonchev–Trinajstić information content (AvgIpc) is 2.15. The monoisotopic (exact) mass is 235 g/mol. The minimum absolute atomic E-state index is 0.679. The molecule has 0 amide bonds. The normalized spacial score (nSPS) is 17.0. The van der Waals surface area contributed by atoms with Gasteiger partial charge >= 0.3 is 0 Å². The van der Waals surface area contributed by atoms with Gasteiger partial charge in [-0.15, -0.1) is 11.6 Å². The van der Waals surface area contributed by atoms with Crippen LogP contribution in [0, 0.1) is 0 Å². The zero-order chi connectivity index (χ0) is 10.9. The van der Waals surface area contributed by atoms with Gasteiger partial charge in [0.25, 0.3) is 0 Å². The van der Waals surface area contributed by atoms with Gasteiger partial charge in [-0.25, -0.2) is 0 Å². The number of hydrogen-bond donors (Lipinski definition) is 0. The van der Waals surface area contributed by atoms with Gasteiger partial charge in [0.2, 0.25) is 0 Å². The SMILES string of the molecule is COCCOCCN(CCCl)C1CCC1. The van der Waals surface area contributed by atoms with Crippen LogP contribution >= 0.6 is 11.6 Å². The molecule has 90 valence electrons. The maximum absolute atomic E-state index is 5.78. The van der Waals surface area contributed by atoms with Crippen LogP contribution in [0.4, 0.5) is 0 Å². The number of ether oxygens (including phenoxy) is 2. The molecule has 0 aromatic carbocycles. The van der Waals surface area contributed by atoms with Gasteiger partial charge in [-0.1, -0.05) is 6.42 Å². The molecular weight excluding hydrogens is 214 g/mol. The molecule has 3 nitrogen and oxygen atoms in total. The number of rotatable bonds is 9. The molecule has 0 saturated heterocycles. The number of methoxy groups -OCH3 is 1. The summed E-state index contributed by atoms with van der Waals surface area (Å²) in [4.78, 5) is 2.45.